The molecule has 1 aromatic heterocycles. The minimum Gasteiger partial charge on any atom is -0.348 e. The standard InChI is InChI=1S/C26H28FN3O2/c1-3-14-29(26(32)20-10-5-4-9-19(20)2)18-24(31)30-17-16-28-15-8-13-23(28)25(30)21-11-6-7-12-22(21)27/h4-13,15,25H,3,14,16-18H2,1-2H3/t25-/m1/s1. The Labute approximate surface area is 188 Å². The molecule has 0 N–H and O–H groups in total. The van der Waals surface area contributed by atoms with E-state index in [9.17, 15) is 14.0 Å². The van der Waals surface area contributed by atoms with Crippen LogP contribution in [0.5, 0.6) is 0 Å². The Bertz CT molecular complexity index is 1120. The molecule has 0 fully saturated rings. The van der Waals surface area contributed by atoms with Crippen molar-refractivity contribution in [3.8, 4) is 0 Å². The summed E-state index contributed by atoms with van der Waals surface area (Å²) in [5.74, 6) is -0.673. The minimum atomic E-state index is -0.524. The second-order valence-electron chi connectivity index (χ2n) is 8.18. The van der Waals surface area contributed by atoms with E-state index in [0.717, 1.165) is 17.7 Å². The van der Waals surface area contributed by atoms with Crippen LogP contribution in [0.25, 0.3) is 0 Å². The van der Waals surface area contributed by atoms with Gasteiger partial charge >= 0.3 is 0 Å². The summed E-state index contributed by atoms with van der Waals surface area (Å²) in [6, 6.07) is 17.3. The van der Waals surface area contributed by atoms with E-state index >= 15 is 0 Å². The van der Waals surface area contributed by atoms with Gasteiger partial charge < -0.3 is 14.4 Å². The number of aryl methyl sites for hydroxylation is 1. The topological polar surface area (TPSA) is 45.6 Å². The molecular formula is C26H28FN3O2. The molecule has 4 rings (SSSR count). The quantitative estimate of drug-likeness (QED) is 0.578. The third kappa shape index (κ3) is 4.17. The highest BCUT2D eigenvalue weighted by molar-refractivity contribution is 5.97. The van der Waals surface area contributed by atoms with Crippen LogP contribution in [0.2, 0.25) is 0 Å². The average molecular weight is 434 g/mol. The number of halogens is 1. The number of hydrogen-bond acceptors (Lipinski definition) is 2. The molecule has 1 aliphatic rings. The average Bonchev–Trinajstić information content (AvgIpc) is 3.27. The van der Waals surface area contributed by atoms with E-state index in [4.69, 9.17) is 0 Å². The summed E-state index contributed by atoms with van der Waals surface area (Å²) in [7, 11) is 0. The lowest BCUT2D eigenvalue weighted by molar-refractivity contribution is -0.134. The molecule has 0 saturated heterocycles. The van der Waals surface area contributed by atoms with Crippen LogP contribution < -0.4 is 0 Å². The van der Waals surface area contributed by atoms with Gasteiger partial charge in [0.1, 0.15) is 18.4 Å². The molecule has 0 saturated carbocycles. The Balaban J connectivity index is 1.64. The van der Waals surface area contributed by atoms with E-state index in [2.05, 4.69) is 4.57 Å². The van der Waals surface area contributed by atoms with Gasteiger partial charge in [0.15, 0.2) is 0 Å². The van der Waals surface area contributed by atoms with Crippen molar-refractivity contribution in [1.82, 2.24) is 14.4 Å². The summed E-state index contributed by atoms with van der Waals surface area (Å²) in [5.41, 5.74) is 2.83. The molecule has 1 aliphatic heterocycles. The van der Waals surface area contributed by atoms with E-state index < -0.39 is 6.04 Å². The molecule has 2 aromatic carbocycles. The Hall–Kier alpha value is -3.41. The smallest absolute Gasteiger partial charge is 0.254 e. The maximum absolute atomic E-state index is 14.8. The molecule has 1 atom stereocenters. The van der Waals surface area contributed by atoms with Crippen LogP contribution in [0, 0.1) is 12.7 Å². The predicted octanol–water partition coefficient (Wildman–Crippen LogP) is 4.42. The molecule has 6 heteroatoms. The van der Waals surface area contributed by atoms with Gasteiger partial charge in [0, 0.05) is 42.7 Å². The maximum Gasteiger partial charge on any atom is 0.254 e. The number of hydrogen-bond donors (Lipinski definition) is 0. The Morgan fingerprint density at radius 3 is 2.53 bits per heavy atom. The van der Waals surface area contributed by atoms with Gasteiger partial charge in [0.05, 0.1) is 0 Å². The lowest BCUT2D eigenvalue weighted by atomic mass is 9.99. The van der Waals surface area contributed by atoms with Crippen LogP contribution in [0.1, 0.15) is 46.6 Å². The second-order valence-corrected chi connectivity index (χ2v) is 8.18. The number of amides is 2. The van der Waals surface area contributed by atoms with Crippen molar-refractivity contribution in [1.29, 1.82) is 0 Å². The highest BCUT2D eigenvalue weighted by Crippen LogP contribution is 2.34. The summed E-state index contributed by atoms with van der Waals surface area (Å²) < 4.78 is 16.8. The highest BCUT2D eigenvalue weighted by Gasteiger charge is 2.34. The Kier molecular flexibility index (Phi) is 6.40. The van der Waals surface area contributed by atoms with E-state index in [0.29, 0.717) is 30.8 Å². The van der Waals surface area contributed by atoms with Crippen molar-refractivity contribution in [2.75, 3.05) is 19.6 Å². The highest BCUT2D eigenvalue weighted by atomic mass is 19.1. The van der Waals surface area contributed by atoms with Gasteiger partial charge in [-0.2, -0.15) is 0 Å². The summed E-state index contributed by atoms with van der Waals surface area (Å²) in [5, 5.41) is 0. The monoisotopic (exact) mass is 433 g/mol. The van der Waals surface area contributed by atoms with E-state index in [1.165, 1.54) is 6.07 Å². The van der Waals surface area contributed by atoms with Gasteiger partial charge in [0.25, 0.3) is 5.91 Å². The lowest BCUT2D eigenvalue weighted by Crippen LogP contribution is -2.48. The predicted molar refractivity (Wildman–Crippen MR) is 122 cm³/mol. The van der Waals surface area contributed by atoms with Gasteiger partial charge in [0.2, 0.25) is 5.91 Å². The summed E-state index contributed by atoms with van der Waals surface area (Å²) in [4.78, 5) is 30.1. The van der Waals surface area contributed by atoms with Crippen molar-refractivity contribution < 1.29 is 14.0 Å². The molecule has 2 heterocycles. The first kappa shape index (κ1) is 21.8. The number of rotatable bonds is 6. The van der Waals surface area contributed by atoms with Crippen LogP contribution in [-0.4, -0.2) is 45.8 Å². The van der Waals surface area contributed by atoms with Crippen LogP contribution >= 0.6 is 0 Å². The van der Waals surface area contributed by atoms with Crippen LogP contribution in [-0.2, 0) is 11.3 Å². The lowest BCUT2D eigenvalue weighted by Gasteiger charge is -2.38. The number of fused-ring (bicyclic) bond motifs is 1. The molecule has 0 aliphatic carbocycles. The molecule has 2 amide bonds. The molecule has 166 valence electrons. The fraction of sp³-hybridized carbons (Fsp3) is 0.308. The molecule has 3 aromatic rings. The summed E-state index contributed by atoms with van der Waals surface area (Å²) >= 11 is 0. The first-order valence-corrected chi connectivity index (χ1v) is 11.0. The fourth-order valence-corrected chi connectivity index (χ4v) is 4.44. The minimum absolute atomic E-state index is 0.0351. The zero-order chi connectivity index (χ0) is 22.7. The first-order chi connectivity index (χ1) is 15.5. The SMILES string of the molecule is CCCN(CC(=O)N1CCn2cccc2[C@H]1c1ccccc1F)C(=O)c1ccccc1C. The Morgan fingerprint density at radius 2 is 1.78 bits per heavy atom. The normalized spacial score (nSPS) is 15.3. The maximum atomic E-state index is 14.8. The van der Waals surface area contributed by atoms with E-state index in [1.54, 1.807) is 34.1 Å². The zero-order valence-corrected chi connectivity index (χ0v) is 18.5. The van der Waals surface area contributed by atoms with Crippen molar-refractivity contribution in [2.24, 2.45) is 0 Å². The van der Waals surface area contributed by atoms with Gasteiger partial charge in [-0.05, 0) is 43.2 Å². The number of carbonyl (C=O) groups excluding carboxylic acids is 2. The molecule has 5 nitrogen and oxygen atoms in total. The van der Waals surface area contributed by atoms with E-state index in [1.807, 2.05) is 50.4 Å². The van der Waals surface area contributed by atoms with Crippen LogP contribution in [0.4, 0.5) is 4.39 Å². The van der Waals surface area contributed by atoms with Crippen molar-refractivity contribution in [3.05, 3.63) is 95.1 Å². The number of nitrogens with zero attached hydrogens (tertiary/aromatic N) is 3. The number of benzene rings is 2. The van der Waals surface area contributed by atoms with Crippen molar-refractivity contribution in [2.45, 2.75) is 32.9 Å². The van der Waals surface area contributed by atoms with Gasteiger partial charge in [-0.15, -0.1) is 0 Å². The molecule has 0 unspecified atom stereocenters. The summed E-state index contributed by atoms with van der Waals surface area (Å²) in [6.45, 7) is 5.42. The fourth-order valence-electron chi connectivity index (χ4n) is 4.44. The molecule has 0 spiro atoms. The first-order valence-electron chi connectivity index (χ1n) is 11.0. The van der Waals surface area contributed by atoms with Gasteiger partial charge in [-0.1, -0.05) is 43.3 Å². The molecule has 0 radical (unpaired) electrons. The van der Waals surface area contributed by atoms with Crippen LogP contribution in [0.15, 0.2) is 66.9 Å². The molecule has 0 bridgehead atoms. The Morgan fingerprint density at radius 1 is 1.03 bits per heavy atom. The molecular weight excluding hydrogens is 405 g/mol. The third-order valence-electron chi connectivity index (χ3n) is 6.04. The second kappa shape index (κ2) is 9.39. The summed E-state index contributed by atoms with van der Waals surface area (Å²) in [6.07, 6.45) is 2.70. The van der Waals surface area contributed by atoms with Gasteiger partial charge in [-0.3, -0.25) is 9.59 Å². The number of carbonyl (C=O) groups is 2. The third-order valence-corrected chi connectivity index (χ3v) is 6.04. The van der Waals surface area contributed by atoms with Crippen molar-refractivity contribution >= 4 is 11.8 Å². The van der Waals surface area contributed by atoms with Gasteiger partial charge in [-0.25, -0.2) is 4.39 Å². The van der Waals surface area contributed by atoms with Crippen LogP contribution in [0.3, 0.4) is 0 Å². The largest absolute Gasteiger partial charge is 0.348 e. The zero-order valence-electron chi connectivity index (χ0n) is 18.5. The van der Waals surface area contributed by atoms with Crippen molar-refractivity contribution in [3.63, 3.8) is 0 Å². The number of aromatic nitrogens is 1. The van der Waals surface area contributed by atoms with E-state index in [-0.39, 0.29) is 24.2 Å². The molecule has 32 heavy (non-hydrogen) atoms.